The van der Waals surface area contributed by atoms with Crippen LogP contribution in [0.2, 0.25) is 0 Å². The number of carboxylic acids is 1. The largest absolute Gasteiger partial charge is 0.480 e. The minimum Gasteiger partial charge on any atom is -0.480 e. The number of anilines is 1. The third kappa shape index (κ3) is 3.90. The number of carbonyl (C=O) groups is 1. The average molecular weight is 310 g/mol. The number of aliphatic carboxylic acids is 1. The lowest BCUT2D eigenvalue weighted by Crippen LogP contribution is -2.46. The topological polar surface area (TPSA) is 70.6 Å². The Hall–Kier alpha value is -1.24. The van der Waals surface area contributed by atoms with Crippen molar-refractivity contribution in [1.82, 2.24) is 5.32 Å². The molecule has 1 heterocycles. The summed E-state index contributed by atoms with van der Waals surface area (Å²) in [6, 6.07) is 7.46. The summed E-state index contributed by atoms with van der Waals surface area (Å²) in [4.78, 5) is 12.4. The van der Waals surface area contributed by atoms with Gasteiger partial charge in [-0.1, -0.05) is 24.8 Å². The maximum Gasteiger partial charge on any atom is 0.323 e. The Balaban J connectivity index is 2.01. The Morgan fingerprint density at radius 1 is 1.48 bits per heavy atom. The third-order valence-electron chi connectivity index (χ3n) is 3.73. The zero-order valence-corrected chi connectivity index (χ0v) is 13.3. The Morgan fingerprint density at radius 3 is 2.86 bits per heavy atom. The third-order valence-corrected chi connectivity index (χ3v) is 4.82. The number of ether oxygens (including phenoxy) is 1. The van der Waals surface area contributed by atoms with E-state index >= 15 is 0 Å². The van der Waals surface area contributed by atoms with Crippen molar-refractivity contribution in [1.29, 1.82) is 0 Å². The predicted molar refractivity (Wildman–Crippen MR) is 84.8 cm³/mol. The average Bonchev–Trinajstić information content (AvgIpc) is 2.80. The number of thioether (sulfide) groups is 1. The summed E-state index contributed by atoms with van der Waals surface area (Å²) in [5.74, 6) is -0.652. The quantitative estimate of drug-likeness (QED) is 0.748. The summed E-state index contributed by atoms with van der Waals surface area (Å²) >= 11 is 1.64. The monoisotopic (exact) mass is 310 g/mol. The van der Waals surface area contributed by atoms with Gasteiger partial charge in [0.2, 0.25) is 0 Å². The van der Waals surface area contributed by atoms with Gasteiger partial charge in [0.05, 0.1) is 6.10 Å². The second-order valence-corrected chi connectivity index (χ2v) is 6.48. The van der Waals surface area contributed by atoms with E-state index in [1.807, 2.05) is 32.2 Å². The second-order valence-electron chi connectivity index (χ2n) is 5.24. The molecule has 1 aliphatic rings. The van der Waals surface area contributed by atoms with Crippen LogP contribution in [0.25, 0.3) is 0 Å². The van der Waals surface area contributed by atoms with Gasteiger partial charge in [0.15, 0.2) is 0 Å². The van der Waals surface area contributed by atoms with Gasteiger partial charge >= 0.3 is 5.97 Å². The van der Waals surface area contributed by atoms with Gasteiger partial charge in [0.1, 0.15) is 11.5 Å². The Kier molecular flexibility index (Phi) is 5.50. The maximum atomic E-state index is 11.3. The molecule has 2 unspecified atom stereocenters. The normalized spacial score (nSPS) is 26.5. The second kappa shape index (κ2) is 7.15. The van der Waals surface area contributed by atoms with E-state index in [0.29, 0.717) is 0 Å². The molecule has 0 aromatic heterocycles. The fraction of sp³-hybridized carbons (Fsp3) is 0.533. The number of likely N-dealkylation sites (N-methyl/N-ethyl adjacent to an activating group) is 1. The molecule has 0 radical (unpaired) electrons. The van der Waals surface area contributed by atoms with Gasteiger partial charge < -0.3 is 20.5 Å². The number of hydrogen-bond acceptors (Lipinski definition) is 5. The van der Waals surface area contributed by atoms with Crippen LogP contribution < -0.4 is 10.6 Å². The fourth-order valence-electron chi connectivity index (χ4n) is 2.59. The van der Waals surface area contributed by atoms with E-state index in [2.05, 4.69) is 16.7 Å². The van der Waals surface area contributed by atoms with E-state index in [9.17, 15) is 9.90 Å². The Bertz CT molecular complexity index is 498. The van der Waals surface area contributed by atoms with E-state index in [-0.39, 0.29) is 17.5 Å². The van der Waals surface area contributed by atoms with Gasteiger partial charge in [-0.2, -0.15) is 0 Å². The smallest absolute Gasteiger partial charge is 0.323 e. The summed E-state index contributed by atoms with van der Waals surface area (Å²) in [5, 5.41) is 15.2. The van der Waals surface area contributed by atoms with Crippen molar-refractivity contribution in [3.05, 3.63) is 24.3 Å². The zero-order chi connectivity index (χ0) is 15.4. The number of hydrogen-bond donors (Lipinski definition) is 3. The van der Waals surface area contributed by atoms with E-state index in [1.165, 1.54) is 0 Å². The van der Waals surface area contributed by atoms with Gasteiger partial charge in [-0.05, 0) is 37.6 Å². The van der Waals surface area contributed by atoms with Gasteiger partial charge in [0, 0.05) is 17.6 Å². The first-order valence-electron chi connectivity index (χ1n) is 7.05. The first-order chi connectivity index (χ1) is 10.0. The van der Waals surface area contributed by atoms with Crippen molar-refractivity contribution < 1.29 is 14.6 Å². The summed E-state index contributed by atoms with van der Waals surface area (Å²) in [7, 11) is 3.55. The lowest BCUT2D eigenvalue weighted by molar-refractivity contribution is -0.143. The standard InChI is InChI=1S/C15H22N2O3S/c1-9-7-12(20-14(9)13(17-3)15(18)19)21-11-6-4-5-10(8-11)16-2/h4-6,8-9,12-14,16-17H,7H2,1-3H3,(H,18,19)/t9-,12?,13?,14-/m1/s1. The van der Waals surface area contributed by atoms with Crippen LogP contribution in [0.3, 0.4) is 0 Å². The number of rotatable bonds is 6. The molecule has 0 saturated carbocycles. The fourth-order valence-corrected chi connectivity index (χ4v) is 3.83. The highest BCUT2D eigenvalue weighted by molar-refractivity contribution is 7.99. The lowest BCUT2D eigenvalue weighted by Gasteiger charge is -2.22. The van der Waals surface area contributed by atoms with E-state index in [1.54, 1.807) is 18.8 Å². The molecule has 1 aromatic rings. The maximum absolute atomic E-state index is 11.3. The molecule has 1 fully saturated rings. The zero-order valence-electron chi connectivity index (χ0n) is 12.5. The molecule has 1 saturated heterocycles. The van der Waals surface area contributed by atoms with Crippen LogP contribution in [0.5, 0.6) is 0 Å². The van der Waals surface area contributed by atoms with Crippen LogP contribution >= 0.6 is 11.8 Å². The van der Waals surface area contributed by atoms with Crippen LogP contribution in [-0.4, -0.2) is 42.8 Å². The molecule has 0 bridgehead atoms. The molecule has 0 spiro atoms. The molecular weight excluding hydrogens is 288 g/mol. The van der Waals surface area contributed by atoms with Crippen molar-refractivity contribution in [3.8, 4) is 0 Å². The first-order valence-corrected chi connectivity index (χ1v) is 7.93. The van der Waals surface area contributed by atoms with Crippen molar-refractivity contribution in [2.75, 3.05) is 19.4 Å². The summed E-state index contributed by atoms with van der Waals surface area (Å²) < 4.78 is 5.96. The predicted octanol–water partition coefficient (Wildman–Crippen LogP) is 2.24. The highest BCUT2D eigenvalue weighted by Gasteiger charge is 2.40. The van der Waals surface area contributed by atoms with Crippen molar-refractivity contribution in [2.24, 2.45) is 5.92 Å². The molecule has 6 heteroatoms. The van der Waals surface area contributed by atoms with Crippen LogP contribution in [0.4, 0.5) is 5.69 Å². The van der Waals surface area contributed by atoms with Crippen molar-refractivity contribution in [2.45, 2.75) is 35.8 Å². The van der Waals surface area contributed by atoms with Crippen LogP contribution in [0.1, 0.15) is 13.3 Å². The minimum absolute atomic E-state index is 0.00712. The Morgan fingerprint density at radius 2 is 2.24 bits per heavy atom. The Labute approximate surface area is 129 Å². The van der Waals surface area contributed by atoms with Gasteiger partial charge in [-0.25, -0.2) is 0 Å². The van der Waals surface area contributed by atoms with Gasteiger partial charge in [-0.15, -0.1) is 0 Å². The molecule has 2 rings (SSSR count). The molecule has 21 heavy (non-hydrogen) atoms. The van der Waals surface area contributed by atoms with Crippen molar-refractivity contribution >= 4 is 23.4 Å². The summed E-state index contributed by atoms with van der Waals surface area (Å²) in [5.41, 5.74) is 1.05. The van der Waals surface area contributed by atoms with Crippen LogP contribution in [0.15, 0.2) is 29.2 Å². The molecule has 4 atom stereocenters. The molecule has 0 aliphatic carbocycles. The van der Waals surface area contributed by atoms with Gasteiger partial charge in [-0.3, -0.25) is 4.79 Å². The SMILES string of the molecule is CNc1cccc(SC2C[C@@H](C)[C@H](C(NC)C(=O)O)O2)c1. The van der Waals surface area contributed by atoms with Crippen LogP contribution in [-0.2, 0) is 9.53 Å². The molecule has 116 valence electrons. The van der Waals surface area contributed by atoms with E-state index in [4.69, 9.17) is 4.74 Å². The highest BCUT2D eigenvalue weighted by atomic mass is 32.2. The molecule has 5 nitrogen and oxygen atoms in total. The summed E-state index contributed by atoms with van der Waals surface area (Å²) in [6.45, 7) is 2.04. The highest BCUT2D eigenvalue weighted by Crippen LogP contribution is 2.38. The van der Waals surface area contributed by atoms with Crippen LogP contribution in [0, 0.1) is 5.92 Å². The van der Waals surface area contributed by atoms with E-state index < -0.39 is 12.0 Å². The molecule has 1 aliphatic heterocycles. The summed E-state index contributed by atoms with van der Waals surface area (Å²) in [6.07, 6.45) is 0.558. The molecule has 3 N–H and O–H groups in total. The molecular formula is C15H22N2O3S. The minimum atomic E-state index is -0.864. The van der Waals surface area contributed by atoms with E-state index in [0.717, 1.165) is 17.0 Å². The first kappa shape index (κ1) is 16.1. The number of carboxylic acid groups (broad SMARTS) is 1. The molecule has 1 aromatic carbocycles. The number of nitrogens with one attached hydrogen (secondary N) is 2. The van der Waals surface area contributed by atoms with Gasteiger partial charge in [0.25, 0.3) is 0 Å². The van der Waals surface area contributed by atoms with Crippen molar-refractivity contribution in [3.63, 3.8) is 0 Å². The lowest BCUT2D eigenvalue weighted by atomic mass is 9.98. The number of benzene rings is 1. The molecule has 0 amide bonds.